The number of nitriles is 1. The monoisotopic (exact) mass is 263 g/mol. The number of pyridine rings is 1. The topological polar surface area (TPSA) is 65.8 Å². The highest BCUT2D eigenvalue weighted by atomic mass is 16.1. The maximum absolute atomic E-state index is 12.0. The predicted octanol–water partition coefficient (Wildman–Crippen LogP) is 2.94. The molecule has 0 saturated heterocycles. The summed E-state index contributed by atoms with van der Waals surface area (Å²) in [6.07, 6.45) is 3.13. The van der Waals surface area contributed by atoms with Crippen molar-refractivity contribution in [3.05, 3.63) is 65.4 Å². The number of nitrogens with zero attached hydrogens (tertiary/aromatic N) is 2. The smallest absolute Gasteiger partial charge is 0.267 e. The van der Waals surface area contributed by atoms with Gasteiger partial charge < -0.3 is 5.32 Å². The molecule has 4 nitrogen and oxygen atoms in total. The molecule has 20 heavy (non-hydrogen) atoms. The van der Waals surface area contributed by atoms with Crippen molar-refractivity contribution in [3.8, 4) is 6.07 Å². The van der Waals surface area contributed by atoms with Gasteiger partial charge in [-0.3, -0.25) is 4.79 Å². The number of amides is 1. The fourth-order valence-corrected chi connectivity index (χ4v) is 1.60. The highest BCUT2D eigenvalue weighted by Gasteiger charge is 2.09. The molecule has 98 valence electrons. The number of carbonyl (C=O) groups excluding carboxylic acids is 1. The number of carbonyl (C=O) groups is 1. The van der Waals surface area contributed by atoms with Crippen molar-refractivity contribution in [1.82, 2.24) is 4.98 Å². The van der Waals surface area contributed by atoms with Gasteiger partial charge in [0.2, 0.25) is 0 Å². The van der Waals surface area contributed by atoms with E-state index in [1.807, 2.05) is 37.3 Å². The number of aromatic nitrogens is 1. The van der Waals surface area contributed by atoms with Crippen LogP contribution in [0.25, 0.3) is 6.08 Å². The van der Waals surface area contributed by atoms with E-state index in [1.54, 1.807) is 30.5 Å². The molecule has 4 heteroatoms. The molecule has 2 rings (SSSR count). The minimum atomic E-state index is -0.466. The number of rotatable bonds is 3. The summed E-state index contributed by atoms with van der Waals surface area (Å²) in [5.41, 5.74) is 1.97. The zero-order valence-corrected chi connectivity index (χ0v) is 11.0. The van der Waals surface area contributed by atoms with E-state index >= 15 is 0 Å². The maximum Gasteiger partial charge on any atom is 0.267 e. The van der Waals surface area contributed by atoms with Gasteiger partial charge in [-0.15, -0.1) is 0 Å². The second kappa shape index (κ2) is 6.30. The lowest BCUT2D eigenvalue weighted by molar-refractivity contribution is -0.112. The normalized spacial score (nSPS) is 10.7. The Bertz CT molecular complexity index is 667. The van der Waals surface area contributed by atoms with Crippen molar-refractivity contribution < 1.29 is 4.79 Å². The maximum atomic E-state index is 12.0. The molecule has 1 N–H and O–H groups in total. The van der Waals surface area contributed by atoms with Gasteiger partial charge in [-0.25, -0.2) is 4.98 Å². The molecule has 1 heterocycles. The van der Waals surface area contributed by atoms with Crippen molar-refractivity contribution in [1.29, 1.82) is 5.26 Å². The number of hydrogen-bond donors (Lipinski definition) is 1. The van der Waals surface area contributed by atoms with Gasteiger partial charge >= 0.3 is 0 Å². The second-order valence-corrected chi connectivity index (χ2v) is 4.25. The lowest BCUT2D eigenvalue weighted by atomic mass is 10.1. The van der Waals surface area contributed by atoms with Crippen LogP contribution in [-0.4, -0.2) is 10.9 Å². The van der Waals surface area contributed by atoms with Crippen LogP contribution >= 0.6 is 0 Å². The summed E-state index contributed by atoms with van der Waals surface area (Å²) < 4.78 is 0. The fourth-order valence-electron chi connectivity index (χ4n) is 1.60. The van der Waals surface area contributed by atoms with E-state index < -0.39 is 5.91 Å². The molecule has 0 aliphatic carbocycles. The van der Waals surface area contributed by atoms with Gasteiger partial charge in [0.25, 0.3) is 5.91 Å². The van der Waals surface area contributed by atoms with E-state index in [4.69, 9.17) is 5.26 Å². The van der Waals surface area contributed by atoms with Gasteiger partial charge in [-0.05, 0) is 30.7 Å². The third kappa shape index (κ3) is 3.53. The first kappa shape index (κ1) is 13.5. The average Bonchev–Trinajstić information content (AvgIpc) is 2.47. The van der Waals surface area contributed by atoms with Crippen LogP contribution in [0.5, 0.6) is 0 Å². The first-order chi connectivity index (χ1) is 9.69. The van der Waals surface area contributed by atoms with Crippen LogP contribution in [-0.2, 0) is 4.79 Å². The minimum Gasteiger partial charge on any atom is -0.306 e. The molecule has 2 aromatic rings. The molecule has 1 amide bonds. The third-order valence-corrected chi connectivity index (χ3v) is 2.66. The highest BCUT2D eigenvalue weighted by Crippen LogP contribution is 2.10. The lowest BCUT2D eigenvalue weighted by Gasteiger charge is -2.02. The van der Waals surface area contributed by atoms with E-state index in [0.717, 1.165) is 11.1 Å². The number of hydrogen-bond acceptors (Lipinski definition) is 3. The van der Waals surface area contributed by atoms with Crippen LogP contribution in [0.1, 0.15) is 11.1 Å². The summed E-state index contributed by atoms with van der Waals surface area (Å²) in [6, 6.07) is 14.7. The number of nitrogens with one attached hydrogen (secondary N) is 1. The summed E-state index contributed by atoms with van der Waals surface area (Å²) in [6.45, 7) is 1.98. The Kier molecular flexibility index (Phi) is 4.25. The summed E-state index contributed by atoms with van der Waals surface area (Å²) in [4.78, 5) is 16.0. The molecule has 0 fully saturated rings. The standard InChI is InChI=1S/C16H13N3O/c1-12-5-7-13(8-6-12)10-14(11-17)16(20)19-15-4-2-3-9-18-15/h2-10H,1H3,(H,18,19,20). The van der Waals surface area contributed by atoms with Crippen LogP contribution in [0.2, 0.25) is 0 Å². The highest BCUT2D eigenvalue weighted by molar-refractivity contribution is 6.09. The van der Waals surface area contributed by atoms with Crippen molar-refractivity contribution in [3.63, 3.8) is 0 Å². The number of benzene rings is 1. The molecule has 0 spiro atoms. The molecule has 0 bridgehead atoms. The van der Waals surface area contributed by atoms with Gasteiger partial charge in [-0.2, -0.15) is 5.26 Å². The van der Waals surface area contributed by atoms with Crippen LogP contribution in [0.3, 0.4) is 0 Å². The van der Waals surface area contributed by atoms with Gasteiger partial charge in [0.15, 0.2) is 0 Å². The van der Waals surface area contributed by atoms with Crippen molar-refractivity contribution in [2.45, 2.75) is 6.92 Å². The molecule has 0 unspecified atom stereocenters. The fraction of sp³-hybridized carbons (Fsp3) is 0.0625. The Morgan fingerprint density at radius 3 is 2.60 bits per heavy atom. The summed E-state index contributed by atoms with van der Waals surface area (Å²) in [5.74, 6) is -0.0469. The quantitative estimate of drug-likeness (QED) is 0.684. The summed E-state index contributed by atoms with van der Waals surface area (Å²) in [7, 11) is 0. The Balaban J connectivity index is 2.18. The zero-order chi connectivity index (χ0) is 14.4. The van der Waals surface area contributed by atoms with Gasteiger partial charge in [0.1, 0.15) is 17.5 Å². The van der Waals surface area contributed by atoms with Crippen LogP contribution < -0.4 is 5.32 Å². The first-order valence-electron chi connectivity index (χ1n) is 6.10. The minimum absolute atomic E-state index is 0.0412. The largest absolute Gasteiger partial charge is 0.306 e. The molecule has 1 aromatic carbocycles. The first-order valence-corrected chi connectivity index (χ1v) is 6.10. The van der Waals surface area contributed by atoms with Gasteiger partial charge in [0, 0.05) is 6.20 Å². The van der Waals surface area contributed by atoms with Gasteiger partial charge in [-0.1, -0.05) is 35.9 Å². The molecular formula is C16H13N3O. The van der Waals surface area contributed by atoms with E-state index in [2.05, 4.69) is 10.3 Å². The average molecular weight is 263 g/mol. The van der Waals surface area contributed by atoms with E-state index in [1.165, 1.54) is 0 Å². The number of aryl methyl sites for hydroxylation is 1. The molecule has 0 aliphatic heterocycles. The Labute approximate surface area is 117 Å². The molecule has 0 aliphatic rings. The molecule has 0 radical (unpaired) electrons. The van der Waals surface area contributed by atoms with Crippen LogP contribution in [0.15, 0.2) is 54.2 Å². The van der Waals surface area contributed by atoms with Gasteiger partial charge in [0.05, 0.1) is 0 Å². The second-order valence-electron chi connectivity index (χ2n) is 4.25. The lowest BCUT2D eigenvalue weighted by Crippen LogP contribution is -2.14. The van der Waals surface area contributed by atoms with E-state index in [0.29, 0.717) is 5.82 Å². The molecule has 0 atom stereocenters. The SMILES string of the molecule is Cc1ccc(C=C(C#N)C(=O)Nc2ccccn2)cc1. The summed E-state index contributed by atoms with van der Waals surface area (Å²) in [5, 5.41) is 11.7. The van der Waals surface area contributed by atoms with Crippen LogP contribution in [0, 0.1) is 18.3 Å². The Morgan fingerprint density at radius 2 is 2.00 bits per heavy atom. The van der Waals surface area contributed by atoms with E-state index in [9.17, 15) is 4.79 Å². The van der Waals surface area contributed by atoms with E-state index in [-0.39, 0.29) is 5.57 Å². The van der Waals surface area contributed by atoms with Crippen molar-refractivity contribution in [2.75, 3.05) is 5.32 Å². The van der Waals surface area contributed by atoms with Crippen molar-refractivity contribution in [2.24, 2.45) is 0 Å². The molecule has 1 aromatic heterocycles. The van der Waals surface area contributed by atoms with Crippen LogP contribution in [0.4, 0.5) is 5.82 Å². The Morgan fingerprint density at radius 1 is 1.25 bits per heavy atom. The Hall–Kier alpha value is -2.93. The molecule has 0 saturated carbocycles. The predicted molar refractivity (Wildman–Crippen MR) is 77.6 cm³/mol. The van der Waals surface area contributed by atoms with Crippen molar-refractivity contribution >= 4 is 17.8 Å². The zero-order valence-electron chi connectivity index (χ0n) is 11.0. The third-order valence-electron chi connectivity index (χ3n) is 2.66. The summed E-state index contributed by atoms with van der Waals surface area (Å²) >= 11 is 0. The number of anilines is 1. The molecular weight excluding hydrogens is 250 g/mol.